The van der Waals surface area contributed by atoms with Gasteiger partial charge in [0.1, 0.15) is 0 Å². The van der Waals surface area contributed by atoms with Crippen molar-refractivity contribution in [3.8, 4) is 33.4 Å². The molecule has 258 valence electrons. The molecular weight excluding hydrogens is 703 g/mol. The third-order valence-electron chi connectivity index (χ3n) is 10.9. The standard InChI is InChI=1S/C52H33NS2/c1-2-13-35(14-3-1)42-22-10-25-46-47-26-12-27-48(52(47)55-51(42)46)53(38-31-29-36(30-32-38)41-21-9-16-34-15-4-5-19-40(34)41)39-18-8-17-37(33-39)43-23-11-24-45-44-20-6-7-28-49(44)54-50(43)45/h1-33H. The van der Waals surface area contributed by atoms with Crippen molar-refractivity contribution in [2.75, 3.05) is 4.90 Å². The van der Waals surface area contributed by atoms with Crippen molar-refractivity contribution in [3.05, 3.63) is 200 Å². The smallest absolute Gasteiger partial charge is 0.0640 e. The quantitative estimate of drug-likeness (QED) is 0.164. The molecule has 0 amide bonds. The number of thiophene rings is 2. The normalized spacial score (nSPS) is 11.6. The average molecular weight is 736 g/mol. The fourth-order valence-corrected chi connectivity index (χ4v) is 10.9. The van der Waals surface area contributed by atoms with Crippen LogP contribution < -0.4 is 4.90 Å². The largest absolute Gasteiger partial charge is 0.309 e. The maximum absolute atomic E-state index is 2.46. The highest BCUT2D eigenvalue weighted by Gasteiger charge is 2.21. The van der Waals surface area contributed by atoms with Crippen LogP contribution in [0.1, 0.15) is 0 Å². The van der Waals surface area contributed by atoms with Gasteiger partial charge in [0.15, 0.2) is 0 Å². The van der Waals surface area contributed by atoms with Crippen LogP contribution in [-0.4, -0.2) is 0 Å². The lowest BCUT2D eigenvalue weighted by Gasteiger charge is -2.27. The molecule has 1 nitrogen and oxygen atoms in total. The van der Waals surface area contributed by atoms with Gasteiger partial charge in [-0.25, -0.2) is 0 Å². The Balaban J connectivity index is 1.12. The van der Waals surface area contributed by atoms with Gasteiger partial charge in [-0.15, -0.1) is 22.7 Å². The number of anilines is 3. The summed E-state index contributed by atoms with van der Waals surface area (Å²) in [4.78, 5) is 2.46. The predicted octanol–water partition coefficient (Wildman–Crippen LogP) is 16.0. The molecule has 11 rings (SSSR count). The van der Waals surface area contributed by atoms with Gasteiger partial charge in [-0.2, -0.15) is 0 Å². The molecule has 0 aliphatic rings. The molecule has 0 fully saturated rings. The van der Waals surface area contributed by atoms with E-state index in [1.54, 1.807) is 0 Å². The second-order valence-electron chi connectivity index (χ2n) is 14.0. The monoisotopic (exact) mass is 735 g/mol. The Kier molecular flexibility index (Phi) is 7.61. The molecule has 2 heterocycles. The molecule has 0 N–H and O–H groups in total. The van der Waals surface area contributed by atoms with Gasteiger partial charge in [-0.3, -0.25) is 0 Å². The van der Waals surface area contributed by atoms with Crippen LogP contribution in [0.2, 0.25) is 0 Å². The van der Waals surface area contributed by atoms with Crippen molar-refractivity contribution in [3.63, 3.8) is 0 Å². The molecule has 2 aromatic heterocycles. The highest BCUT2D eigenvalue weighted by atomic mass is 32.1. The molecule has 0 radical (unpaired) electrons. The fraction of sp³-hybridized carbons (Fsp3) is 0. The number of hydrogen-bond acceptors (Lipinski definition) is 3. The minimum Gasteiger partial charge on any atom is -0.309 e. The Morgan fingerprint density at radius 3 is 1.69 bits per heavy atom. The zero-order valence-electron chi connectivity index (χ0n) is 29.8. The van der Waals surface area contributed by atoms with Crippen LogP contribution in [0.5, 0.6) is 0 Å². The Morgan fingerprint density at radius 2 is 0.855 bits per heavy atom. The molecule has 0 atom stereocenters. The van der Waals surface area contributed by atoms with E-state index in [-0.39, 0.29) is 0 Å². The van der Waals surface area contributed by atoms with Gasteiger partial charge < -0.3 is 4.90 Å². The van der Waals surface area contributed by atoms with Crippen LogP contribution in [0.4, 0.5) is 17.1 Å². The van der Waals surface area contributed by atoms with Gasteiger partial charge in [0.25, 0.3) is 0 Å². The van der Waals surface area contributed by atoms with Crippen LogP contribution in [0.3, 0.4) is 0 Å². The number of benzene rings is 9. The number of fused-ring (bicyclic) bond motifs is 7. The molecule has 0 aliphatic heterocycles. The highest BCUT2D eigenvalue weighted by Crippen LogP contribution is 2.48. The van der Waals surface area contributed by atoms with Crippen LogP contribution >= 0.6 is 22.7 Å². The van der Waals surface area contributed by atoms with E-state index in [0.29, 0.717) is 0 Å². The third-order valence-corrected chi connectivity index (χ3v) is 13.4. The summed E-state index contributed by atoms with van der Waals surface area (Å²) in [6, 6.07) is 73.3. The van der Waals surface area contributed by atoms with Gasteiger partial charge in [0.2, 0.25) is 0 Å². The van der Waals surface area contributed by atoms with Crippen molar-refractivity contribution in [2.24, 2.45) is 0 Å². The number of hydrogen-bond donors (Lipinski definition) is 0. The average Bonchev–Trinajstić information content (AvgIpc) is 3.84. The molecule has 0 aliphatic carbocycles. The first kappa shape index (κ1) is 32.0. The summed E-state index contributed by atoms with van der Waals surface area (Å²) in [5, 5.41) is 7.72. The van der Waals surface area contributed by atoms with E-state index in [2.05, 4.69) is 205 Å². The lowest BCUT2D eigenvalue weighted by atomic mass is 9.98. The second kappa shape index (κ2) is 13.1. The highest BCUT2D eigenvalue weighted by molar-refractivity contribution is 7.27. The first-order valence-electron chi connectivity index (χ1n) is 18.7. The SMILES string of the molecule is c1ccc(-c2cccc3c2sc2c(N(c4ccc(-c5cccc6ccccc56)cc4)c4cccc(-c5cccc6c5sc5ccccc56)c4)cccc23)cc1. The minimum atomic E-state index is 1.12. The summed E-state index contributed by atoms with van der Waals surface area (Å²) in [7, 11) is 0. The molecule has 0 unspecified atom stereocenters. The third kappa shape index (κ3) is 5.35. The summed E-state index contributed by atoms with van der Waals surface area (Å²) in [6.45, 7) is 0. The zero-order chi connectivity index (χ0) is 36.3. The molecular formula is C52H33NS2. The van der Waals surface area contributed by atoms with E-state index in [1.807, 2.05) is 22.7 Å². The van der Waals surface area contributed by atoms with E-state index in [1.165, 1.54) is 90.2 Å². The number of nitrogens with zero attached hydrogens (tertiary/aromatic N) is 1. The van der Waals surface area contributed by atoms with Gasteiger partial charge in [-0.1, -0.05) is 164 Å². The van der Waals surface area contributed by atoms with Crippen LogP contribution in [0, 0.1) is 0 Å². The lowest BCUT2D eigenvalue weighted by molar-refractivity contribution is 1.30. The number of rotatable bonds is 6. The molecule has 9 aromatic carbocycles. The molecule has 0 spiro atoms. The van der Waals surface area contributed by atoms with Gasteiger partial charge >= 0.3 is 0 Å². The van der Waals surface area contributed by atoms with E-state index in [9.17, 15) is 0 Å². The topological polar surface area (TPSA) is 3.24 Å². The summed E-state index contributed by atoms with van der Waals surface area (Å²) in [5.41, 5.74) is 10.9. The maximum atomic E-state index is 2.46. The zero-order valence-corrected chi connectivity index (χ0v) is 31.4. The molecule has 0 bridgehead atoms. The lowest BCUT2D eigenvalue weighted by Crippen LogP contribution is -2.10. The summed E-state index contributed by atoms with van der Waals surface area (Å²) < 4.78 is 5.23. The van der Waals surface area contributed by atoms with Crippen molar-refractivity contribution in [1.82, 2.24) is 0 Å². The summed E-state index contributed by atoms with van der Waals surface area (Å²) in [6.07, 6.45) is 0. The first-order valence-corrected chi connectivity index (χ1v) is 20.3. The maximum Gasteiger partial charge on any atom is 0.0640 e. The van der Waals surface area contributed by atoms with E-state index >= 15 is 0 Å². The molecule has 0 saturated heterocycles. The van der Waals surface area contributed by atoms with Crippen molar-refractivity contribution in [2.45, 2.75) is 0 Å². The van der Waals surface area contributed by atoms with Crippen LogP contribution in [0.25, 0.3) is 84.5 Å². The Labute approximate surface area is 327 Å². The van der Waals surface area contributed by atoms with Gasteiger partial charge in [0.05, 0.1) is 10.4 Å². The summed E-state index contributed by atoms with van der Waals surface area (Å²) in [5.74, 6) is 0. The summed E-state index contributed by atoms with van der Waals surface area (Å²) >= 11 is 3.78. The molecule has 0 saturated carbocycles. The molecule has 3 heteroatoms. The van der Waals surface area contributed by atoms with Gasteiger partial charge in [-0.05, 0) is 80.6 Å². The van der Waals surface area contributed by atoms with Crippen molar-refractivity contribution in [1.29, 1.82) is 0 Å². The fourth-order valence-electron chi connectivity index (χ4n) is 8.31. The Morgan fingerprint density at radius 1 is 0.309 bits per heavy atom. The second-order valence-corrected chi connectivity index (χ2v) is 16.1. The van der Waals surface area contributed by atoms with E-state index < -0.39 is 0 Å². The minimum absolute atomic E-state index is 1.12. The van der Waals surface area contributed by atoms with Gasteiger partial charge in [0, 0.05) is 47.0 Å². The van der Waals surface area contributed by atoms with Crippen LogP contribution in [0.15, 0.2) is 200 Å². The molecule has 11 aromatic rings. The van der Waals surface area contributed by atoms with Crippen molar-refractivity contribution >= 4 is 90.9 Å². The van der Waals surface area contributed by atoms with Crippen LogP contribution in [-0.2, 0) is 0 Å². The Bertz CT molecular complexity index is 3200. The van der Waals surface area contributed by atoms with E-state index in [4.69, 9.17) is 0 Å². The Hall–Kier alpha value is -6.52. The van der Waals surface area contributed by atoms with Crippen molar-refractivity contribution < 1.29 is 0 Å². The van der Waals surface area contributed by atoms with E-state index in [0.717, 1.165) is 11.4 Å². The predicted molar refractivity (Wildman–Crippen MR) is 241 cm³/mol. The molecule has 55 heavy (non-hydrogen) atoms. The first-order chi connectivity index (χ1) is 27.3.